The van der Waals surface area contributed by atoms with Crippen LogP contribution in [0.3, 0.4) is 0 Å². The molecule has 0 saturated carbocycles. The quantitative estimate of drug-likeness (QED) is 0.863. The number of benzene rings is 1. The molecule has 23 heavy (non-hydrogen) atoms. The number of aryl methyl sites for hydroxylation is 1. The Morgan fingerprint density at radius 3 is 2.87 bits per heavy atom. The number of nitrogens with zero attached hydrogens (tertiary/aromatic N) is 2. The number of ether oxygens (including phenoxy) is 1. The summed E-state index contributed by atoms with van der Waals surface area (Å²) in [4.78, 5) is 19.1. The molecular weight excluding hydrogens is 308 g/mol. The fourth-order valence-electron chi connectivity index (χ4n) is 2.83. The van der Waals surface area contributed by atoms with Crippen molar-refractivity contribution in [3.63, 3.8) is 0 Å². The minimum Gasteiger partial charge on any atom is -0.377 e. The third-order valence-corrected chi connectivity index (χ3v) is 5.05. The van der Waals surface area contributed by atoms with Crippen LogP contribution < -0.4 is 0 Å². The van der Waals surface area contributed by atoms with Gasteiger partial charge in [0.1, 0.15) is 5.01 Å². The topological polar surface area (TPSA) is 42.4 Å². The van der Waals surface area contributed by atoms with E-state index in [-0.39, 0.29) is 11.4 Å². The van der Waals surface area contributed by atoms with Gasteiger partial charge in [-0.2, -0.15) is 0 Å². The molecule has 122 valence electrons. The van der Waals surface area contributed by atoms with Crippen LogP contribution in [0.4, 0.5) is 0 Å². The van der Waals surface area contributed by atoms with E-state index in [0.717, 1.165) is 16.3 Å². The molecular formula is C18H22N2O2S. The molecule has 1 aliphatic rings. The fraction of sp³-hybridized carbons (Fsp3) is 0.444. The average molecular weight is 330 g/mol. The Hall–Kier alpha value is -1.72. The second-order valence-corrected chi connectivity index (χ2v) is 7.28. The van der Waals surface area contributed by atoms with Gasteiger partial charge >= 0.3 is 0 Å². The van der Waals surface area contributed by atoms with E-state index in [1.807, 2.05) is 23.1 Å². The highest BCUT2D eigenvalue weighted by Crippen LogP contribution is 2.25. The Morgan fingerprint density at radius 2 is 2.13 bits per heavy atom. The predicted octanol–water partition coefficient (Wildman–Crippen LogP) is 3.38. The SMILES string of the molecule is CC1(C)COCCN1C(=O)CCc1csc(-c2ccccc2)n1. The van der Waals surface area contributed by atoms with Gasteiger partial charge in [0, 0.05) is 23.9 Å². The first kappa shape index (κ1) is 16.1. The first-order chi connectivity index (χ1) is 11.1. The van der Waals surface area contributed by atoms with E-state index in [9.17, 15) is 4.79 Å². The van der Waals surface area contributed by atoms with Crippen molar-refractivity contribution in [2.75, 3.05) is 19.8 Å². The Morgan fingerprint density at radius 1 is 1.35 bits per heavy atom. The maximum absolute atomic E-state index is 12.5. The smallest absolute Gasteiger partial charge is 0.223 e. The van der Waals surface area contributed by atoms with Crippen molar-refractivity contribution in [2.24, 2.45) is 0 Å². The highest BCUT2D eigenvalue weighted by atomic mass is 32.1. The normalized spacial score (nSPS) is 17.2. The molecule has 0 unspecified atom stereocenters. The van der Waals surface area contributed by atoms with Gasteiger partial charge in [0.2, 0.25) is 5.91 Å². The van der Waals surface area contributed by atoms with Crippen molar-refractivity contribution in [2.45, 2.75) is 32.2 Å². The molecule has 1 aliphatic heterocycles. The highest BCUT2D eigenvalue weighted by molar-refractivity contribution is 7.13. The summed E-state index contributed by atoms with van der Waals surface area (Å²) in [5.74, 6) is 0.188. The van der Waals surface area contributed by atoms with Crippen molar-refractivity contribution in [3.8, 4) is 10.6 Å². The number of carbonyl (C=O) groups is 1. The molecule has 1 amide bonds. The van der Waals surface area contributed by atoms with Crippen molar-refractivity contribution >= 4 is 17.2 Å². The van der Waals surface area contributed by atoms with E-state index < -0.39 is 0 Å². The van der Waals surface area contributed by atoms with Gasteiger partial charge in [-0.05, 0) is 20.3 Å². The molecule has 1 aromatic carbocycles. The number of rotatable bonds is 4. The maximum Gasteiger partial charge on any atom is 0.223 e. The second kappa shape index (κ2) is 6.81. The van der Waals surface area contributed by atoms with Gasteiger partial charge in [0.15, 0.2) is 0 Å². The lowest BCUT2D eigenvalue weighted by atomic mass is 10.0. The lowest BCUT2D eigenvalue weighted by Gasteiger charge is -2.42. The zero-order valence-electron chi connectivity index (χ0n) is 13.6. The van der Waals surface area contributed by atoms with Crippen LogP contribution in [0.5, 0.6) is 0 Å². The lowest BCUT2D eigenvalue weighted by molar-refractivity contribution is -0.146. The zero-order valence-corrected chi connectivity index (χ0v) is 14.4. The van der Waals surface area contributed by atoms with Crippen molar-refractivity contribution in [1.29, 1.82) is 0 Å². The van der Waals surface area contributed by atoms with Gasteiger partial charge in [-0.15, -0.1) is 11.3 Å². The van der Waals surface area contributed by atoms with Gasteiger partial charge in [-0.1, -0.05) is 30.3 Å². The highest BCUT2D eigenvalue weighted by Gasteiger charge is 2.33. The summed E-state index contributed by atoms with van der Waals surface area (Å²) in [7, 11) is 0. The van der Waals surface area contributed by atoms with E-state index in [1.54, 1.807) is 11.3 Å². The van der Waals surface area contributed by atoms with Crippen molar-refractivity contribution in [3.05, 3.63) is 41.4 Å². The minimum absolute atomic E-state index is 0.188. The molecule has 3 rings (SSSR count). The van der Waals surface area contributed by atoms with Gasteiger partial charge in [0.05, 0.1) is 24.4 Å². The molecule has 0 spiro atoms. The van der Waals surface area contributed by atoms with E-state index in [4.69, 9.17) is 4.74 Å². The predicted molar refractivity (Wildman–Crippen MR) is 92.5 cm³/mol. The molecule has 0 atom stereocenters. The van der Waals surface area contributed by atoms with Crippen LogP contribution in [-0.4, -0.2) is 41.1 Å². The molecule has 1 aromatic heterocycles. The third kappa shape index (κ3) is 3.79. The summed E-state index contributed by atoms with van der Waals surface area (Å²) in [5.41, 5.74) is 1.91. The first-order valence-corrected chi connectivity index (χ1v) is 8.82. The standard InChI is InChI=1S/C18H22N2O2S/c1-18(2)13-22-11-10-20(18)16(21)9-8-15-12-23-17(19-15)14-6-4-3-5-7-14/h3-7,12H,8-11,13H2,1-2H3. The van der Waals surface area contributed by atoms with Crippen LogP contribution in [0.15, 0.2) is 35.7 Å². The van der Waals surface area contributed by atoms with Crippen LogP contribution in [0.25, 0.3) is 10.6 Å². The number of amides is 1. The number of carbonyl (C=O) groups excluding carboxylic acids is 1. The Balaban J connectivity index is 1.60. The summed E-state index contributed by atoms with van der Waals surface area (Å²) in [6.45, 7) is 6.02. The molecule has 1 fully saturated rings. The van der Waals surface area contributed by atoms with E-state index in [1.165, 1.54) is 0 Å². The zero-order chi connectivity index (χ0) is 16.3. The summed E-state index contributed by atoms with van der Waals surface area (Å²) >= 11 is 1.63. The van der Waals surface area contributed by atoms with E-state index in [2.05, 4.69) is 36.3 Å². The minimum atomic E-state index is -0.216. The average Bonchev–Trinajstić information content (AvgIpc) is 3.02. The first-order valence-electron chi connectivity index (χ1n) is 7.94. The number of hydrogen-bond acceptors (Lipinski definition) is 4. The number of morpholine rings is 1. The van der Waals surface area contributed by atoms with Crippen LogP contribution in [0, 0.1) is 0 Å². The number of hydrogen-bond donors (Lipinski definition) is 0. The van der Waals surface area contributed by atoms with Crippen LogP contribution in [-0.2, 0) is 16.0 Å². The van der Waals surface area contributed by atoms with Crippen LogP contribution in [0.1, 0.15) is 26.0 Å². The largest absolute Gasteiger partial charge is 0.377 e. The summed E-state index contributed by atoms with van der Waals surface area (Å²) < 4.78 is 5.48. The Bertz CT molecular complexity index is 667. The van der Waals surface area contributed by atoms with Gasteiger partial charge in [-0.25, -0.2) is 4.98 Å². The van der Waals surface area contributed by atoms with E-state index in [0.29, 0.717) is 32.6 Å². The number of aromatic nitrogens is 1. The molecule has 0 N–H and O–H groups in total. The lowest BCUT2D eigenvalue weighted by Crippen LogP contribution is -2.55. The van der Waals surface area contributed by atoms with Crippen LogP contribution in [0.2, 0.25) is 0 Å². The monoisotopic (exact) mass is 330 g/mol. The Kier molecular flexibility index (Phi) is 4.78. The maximum atomic E-state index is 12.5. The van der Waals surface area contributed by atoms with Gasteiger partial charge in [0.25, 0.3) is 0 Å². The molecule has 2 heterocycles. The van der Waals surface area contributed by atoms with Crippen LogP contribution >= 0.6 is 11.3 Å². The summed E-state index contributed by atoms with van der Waals surface area (Å²) in [5, 5.41) is 3.07. The molecule has 2 aromatic rings. The molecule has 5 heteroatoms. The summed E-state index contributed by atoms with van der Waals surface area (Å²) in [6.07, 6.45) is 1.19. The Labute approximate surface area is 141 Å². The second-order valence-electron chi connectivity index (χ2n) is 6.42. The molecule has 0 radical (unpaired) electrons. The molecule has 1 saturated heterocycles. The third-order valence-electron chi connectivity index (χ3n) is 4.11. The molecule has 0 aliphatic carbocycles. The van der Waals surface area contributed by atoms with E-state index >= 15 is 0 Å². The summed E-state index contributed by atoms with van der Waals surface area (Å²) in [6, 6.07) is 10.1. The molecule has 4 nitrogen and oxygen atoms in total. The van der Waals surface area contributed by atoms with Crippen molar-refractivity contribution < 1.29 is 9.53 Å². The van der Waals surface area contributed by atoms with Gasteiger partial charge < -0.3 is 9.64 Å². The fourth-order valence-corrected chi connectivity index (χ4v) is 3.69. The van der Waals surface area contributed by atoms with Gasteiger partial charge in [-0.3, -0.25) is 4.79 Å². The number of thiazole rings is 1. The molecule has 0 bridgehead atoms. The van der Waals surface area contributed by atoms with Crippen molar-refractivity contribution in [1.82, 2.24) is 9.88 Å².